The first kappa shape index (κ1) is 14.8. The lowest BCUT2D eigenvalue weighted by molar-refractivity contribution is 0.194. The summed E-state index contributed by atoms with van der Waals surface area (Å²) in [5, 5.41) is 10.2. The van der Waals surface area contributed by atoms with Crippen molar-refractivity contribution in [3.63, 3.8) is 0 Å². The van der Waals surface area contributed by atoms with Crippen molar-refractivity contribution in [3.05, 3.63) is 58.9 Å². The molecule has 106 valence electrons. The summed E-state index contributed by atoms with van der Waals surface area (Å²) in [4.78, 5) is 6.40. The van der Waals surface area contributed by atoms with Crippen molar-refractivity contribution in [1.29, 1.82) is 0 Å². The highest BCUT2D eigenvalue weighted by molar-refractivity contribution is 6.30. The van der Waals surface area contributed by atoms with Crippen LogP contribution in [0.1, 0.15) is 37.3 Å². The second-order valence-electron chi connectivity index (χ2n) is 4.96. The Morgan fingerprint density at radius 1 is 1.20 bits per heavy atom. The van der Waals surface area contributed by atoms with E-state index in [1.54, 1.807) is 13.1 Å². The van der Waals surface area contributed by atoms with Gasteiger partial charge in [0.05, 0.1) is 29.7 Å². The molecule has 1 N–H and O–H groups in total. The van der Waals surface area contributed by atoms with Gasteiger partial charge in [0.15, 0.2) is 0 Å². The zero-order chi connectivity index (χ0) is 14.7. The molecule has 0 saturated heterocycles. The van der Waals surface area contributed by atoms with E-state index < -0.39 is 6.10 Å². The monoisotopic (exact) mass is 290 g/mol. The standard InChI is InChI=1S/C16H19ClN2O/c1-11(13-5-4-6-14(17)9-13)19(3)15-7-8-16(12(2)20)18-10-15/h4-12,20H,1-3H3. The molecule has 0 radical (unpaired) electrons. The maximum atomic E-state index is 9.48. The Hall–Kier alpha value is -1.58. The molecule has 20 heavy (non-hydrogen) atoms. The molecule has 1 heterocycles. The number of pyridine rings is 1. The summed E-state index contributed by atoms with van der Waals surface area (Å²) in [6, 6.07) is 11.9. The van der Waals surface area contributed by atoms with E-state index >= 15 is 0 Å². The number of aliphatic hydroxyl groups excluding tert-OH is 1. The minimum absolute atomic E-state index is 0.188. The molecule has 0 amide bonds. The molecule has 0 aliphatic rings. The minimum Gasteiger partial charge on any atom is -0.387 e. The number of rotatable bonds is 4. The molecule has 2 atom stereocenters. The van der Waals surface area contributed by atoms with E-state index in [0.29, 0.717) is 5.69 Å². The van der Waals surface area contributed by atoms with E-state index in [4.69, 9.17) is 11.6 Å². The summed E-state index contributed by atoms with van der Waals surface area (Å²) in [6.45, 7) is 3.83. The van der Waals surface area contributed by atoms with E-state index in [2.05, 4.69) is 22.9 Å². The third-order valence-electron chi connectivity index (χ3n) is 3.52. The largest absolute Gasteiger partial charge is 0.387 e. The summed E-state index contributed by atoms with van der Waals surface area (Å²) >= 11 is 6.04. The zero-order valence-corrected chi connectivity index (χ0v) is 12.7. The third kappa shape index (κ3) is 3.30. The van der Waals surface area contributed by atoms with Crippen molar-refractivity contribution in [2.24, 2.45) is 0 Å². The van der Waals surface area contributed by atoms with Gasteiger partial charge in [-0.3, -0.25) is 4.98 Å². The first-order chi connectivity index (χ1) is 9.49. The van der Waals surface area contributed by atoms with Crippen LogP contribution in [0.15, 0.2) is 42.6 Å². The van der Waals surface area contributed by atoms with E-state index in [-0.39, 0.29) is 6.04 Å². The molecule has 2 rings (SSSR count). The Kier molecular flexibility index (Phi) is 4.63. The maximum Gasteiger partial charge on any atom is 0.0931 e. The van der Waals surface area contributed by atoms with Crippen molar-refractivity contribution in [2.75, 3.05) is 11.9 Å². The fraction of sp³-hybridized carbons (Fsp3) is 0.312. The number of nitrogens with zero attached hydrogens (tertiary/aromatic N) is 2. The third-order valence-corrected chi connectivity index (χ3v) is 3.75. The van der Waals surface area contributed by atoms with Crippen LogP contribution in [0.2, 0.25) is 5.02 Å². The zero-order valence-electron chi connectivity index (χ0n) is 11.9. The number of halogens is 1. The second-order valence-corrected chi connectivity index (χ2v) is 5.40. The van der Waals surface area contributed by atoms with Gasteiger partial charge < -0.3 is 10.0 Å². The summed E-state index contributed by atoms with van der Waals surface area (Å²) in [7, 11) is 2.02. The van der Waals surface area contributed by atoms with Gasteiger partial charge in [-0.05, 0) is 43.7 Å². The first-order valence-corrected chi connectivity index (χ1v) is 6.99. The van der Waals surface area contributed by atoms with Gasteiger partial charge in [-0.15, -0.1) is 0 Å². The molecule has 4 heteroatoms. The van der Waals surface area contributed by atoms with Gasteiger partial charge in [-0.25, -0.2) is 0 Å². The van der Waals surface area contributed by atoms with Crippen molar-refractivity contribution in [3.8, 4) is 0 Å². The van der Waals surface area contributed by atoms with Crippen LogP contribution >= 0.6 is 11.6 Å². The fourth-order valence-corrected chi connectivity index (χ4v) is 2.27. The molecule has 2 aromatic rings. The molecule has 0 saturated carbocycles. The predicted octanol–water partition coefficient (Wildman–Crippen LogP) is 3.99. The summed E-state index contributed by atoms with van der Waals surface area (Å²) in [5.74, 6) is 0. The van der Waals surface area contributed by atoms with Crippen LogP contribution in [0.5, 0.6) is 0 Å². The normalized spacial score (nSPS) is 13.8. The topological polar surface area (TPSA) is 36.4 Å². The quantitative estimate of drug-likeness (QED) is 0.925. The Morgan fingerprint density at radius 3 is 2.50 bits per heavy atom. The molecule has 3 nitrogen and oxygen atoms in total. The highest BCUT2D eigenvalue weighted by Gasteiger charge is 2.13. The van der Waals surface area contributed by atoms with E-state index in [1.807, 2.05) is 37.4 Å². The predicted molar refractivity (Wildman–Crippen MR) is 83.1 cm³/mol. The molecule has 2 unspecified atom stereocenters. The number of hydrogen-bond donors (Lipinski definition) is 1. The van der Waals surface area contributed by atoms with Gasteiger partial charge in [0.1, 0.15) is 0 Å². The van der Waals surface area contributed by atoms with Crippen LogP contribution in [-0.4, -0.2) is 17.1 Å². The van der Waals surface area contributed by atoms with Crippen LogP contribution in [0, 0.1) is 0 Å². The van der Waals surface area contributed by atoms with Crippen molar-refractivity contribution >= 4 is 17.3 Å². The first-order valence-electron chi connectivity index (χ1n) is 6.61. The van der Waals surface area contributed by atoms with E-state index in [0.717, 1.165) is 16.3 Å². The van der Waals surface area contributed by atoms with Gasteiger partial charge in [0, 0.05) is 12.1 Å². The number of anilines is 1. The van der Waals surface area contributed by atoms with Crippen LogP contribution < -0.4 is 4.90 Å². The molecule has 0 bridgehead atoms. The van der Waals surface area contributed by atoms with Crippen molar-refractivity contribution in [2.45, 2.75) is 26.0 Å². The summed E-state index contributed by atoms with van der Waals surface area (Å²) in [6.07, 6.45) is 1.24. The minimum atomic E-state index is -0.542. The molecule has 1 aromatic carbocycles. The number of benzene rings is 1. The molecule has 0 aliphatic heterocycles. The van der Waals surface area contributed by atoms with Crippen LogP contribution in [0.25, 0.3) is 0 Å². The number of hydrogen-bond acceptors (Lipinski definition) is 3. The second kappa shape index (κ2) is 6.25. The van der Waals surface area contributed by atoms with Gasteiger partial charge in [0.2, 0.25) is 0 Å². The molecular weight excluding hydrogens is 272 g/mol. The lowest BCUT2D eigenvalue weighted by atomic mass is 10.1. The van der Waals surface area contributed by atoms with Gasteiger partial charge in [-0.1, -0.05) is 23.7 Å². The van der Waals surface area contributed by atoms with Crippen LogP contribution in [0.4, 0.5) is 5.69 Å². The average molecular weight is 291 g/mol. The van der Waals surface area contributed by atoms with Crippen molar-refractivity contribution in [1.82, 2.24) is 4.98 Å². The highest BCUT2D eigenvalue weighted by Crippen LogP contribution is 2.26. The SMILES string of the molecule is CC(O)c1ccc(N(C)C(C)c2cccc(Cl)c2)cn1. The summed E-state index contributed by atoms with van der Waals surface area (Å²) < 4.78 is 0. The van der Waals surface area contributed by atoms with Gasteiger partial charge in [-0.2, -0.15) is 0 Å². The van der Waals surface area contributed by atoms with E-state index in [1.165, 1.54) is 0 Å². The lowest BCUT2D eigenvalue weighted by Gasteiger charge is -2.27. The average Bonchev–Trinajstić information content (AvgIpc) is 2.46. The number of aromatic nitrogens is 1. The van der Waals surface area contributed by atoms with Crippen LogP contribution in [0.3, 0.4) is 0 Å². The lowest BCUT2D eigenvalue weighted by Crippen LogP contribution is -2.21. The number of aliphatic hydroxyl groups is 1. The Balaban J connectivity index is 2.20. The van der Waals surface area contributed by atoms with Gasteiger partial charge in [0.25, 0.3) is 0 Å². The molecule has 0 aliphatic carbocycles. The molecule has 1 aromatic heterocycles. The van der Waals surface area contributed by atoms with Gasteiger partial charge >= 0.3 is 0 Å². The summed E-state index contributed by atoms with van der Waals surface area (Å²) in [5.41, 5.74) is 2.83. The van der Waals surface area contributed by atoms with Crippen molar-refractivity contribution < 1.29 is 5.11 Å². The highest BCUT2D eigenvalue weighted by atomic mass is 35.5. The molecule has 0 spiro atoms. The Labute approximate surface area is 124 Å². The molecule has 0 fully saturated rings. The van der Waals surface area contributed by atoms with Crippen LogP contribution in [-0.2, 0) is 0 Å². The fourth-order valence-electron chi connectivity index (χ4n) is 2.07. The Morgan fingerprint density at radius 2 is 1.95 bits per heavy atom. The Bertz CT molecular complexity index is 569. The van der Waals surface area contributed by atoms with E-state index in [9.17, 15) is 5.11 Å². The maximum absolute atomic E-state index is 9.48. The smallest absolute Gasteiger partial charge is 0.0931 e. The molecular formula is C16H19ClN2O.